The summed E-state index contributed by atoms with van der Waals surface area (Å²) in [6.07, 6.45) is 0.403. The molecule has 1 aromatic carbocycles. The molecule has 0 atom stereocenters. The highest BCUT2D eigenvalue weighted by Gasteiger charge is 2.06. The number of carbonyl (C=O) groups is 2. The lowest BCUT2D eigenvalue weighted by Gasteiger charge is -2.05. The molecule has 0 spiro atoms. The van der Waals surface area contributed by atoms with Crippen LogP contribution in [0.1, 0.15) is 10.4 Å². The Kier molecular flexibility index (Phi) is 3.17. The van der Waals surface area contributed by atoms with Crippen molar-refractivity contribution in [1.82, 2.24) is 0 Å². The molecule has 0 saturated carbocycles. The van der Waals surface area contributed by atoms with Gasteiger partial charge in [0.25, 0.3) is 0 Å². The number of aliphatic carboxylic acids is 1. The molecular formula is C9H7FO4. The Hall–Kier alpha value is -1.91. The minimum atomic E-state index is -1.16. The van der Waals surface area contributed by atoms with Crippen LogP contribution >= 0.6 is 0 Å². The second-order valence-electron chi connectivity index (χ2n) is 2.48. The second kappa shape index (κ2) is 4.36. The third-order valence-corrected chi connectivity index (χ3v) is 1.45. The summed E-state index contributed by atoms with van der Waals surface area (Å²) >= 11 is 0. The van der Waals surface area contributed by atoms with Gasteiger partial charge >= 0.3 is 5.97 Å². The average Bonchev–Trinajstić information content (AvgIpc) is 2.15. The van der Waals surface area contributed by atoms with Gasteiger partial charge in [0.1, 0.15) is 11.6 Å². The summed E-state index contributed by atoms with van der Waals surface area (Å²) < 4.78 is 17.3. The van der Waals surface area contributed by atoms with Crippen LogP contribution in [0.3, 0.4) is 0 Å². The van der Waals surface area contributed by atoms with Crippen LogP contribution in [0.25, 0.3) is 0 Å². The van der Waals surface area contributed by atoms with Crippen molar-refractivity contribution in [2.45, 2.75) is 0 Å². The Morgan fingerprint density at radius 2 is 2.29 bits per heavy atom. The van der Waals surface area contributed by atoms with Crippen LogP contribution in [0.2, 0.25) is 0 Å². The fourth-order valence-electron chi connectivity index (χ4n) is 0.882. The van der Waals surface area contributed by atoms with E-state index in [1.54, 1.807) is 0 Å². The third-order valence-electron chi connectivity index (χ3n) is 1.45. The normalized spacial score (nSPS) is 9.50. The van der Waals surface area contributed by atoms with Crippen molar-refractivity contribution in [1.29, 1.82) is 0 Å². The van der Waals surface area contributed by atoms with E-state index < -0.39 is 18.4 Å². The van der Waals surface area contributed by atoms with E-state index in [2.05, 4.69) is 0 Å². The zero-order valence-electron chi connectivity index (χ0n) is 7.07. The summed E-state index contributed by atoms with van der Waals surface area (Å²) in [5, 5.41) is 8.31. The molecule has 0 aliphatic rings. The highest BCUT2D eigenvalue weighted by atomic mass is 19.1. The first-order valence-corrected chi connectivity index (χ1v) is 3.73. The lowest BCUT2D eigenvalue weighted by molar-refractivity contribution is -0.139. The van der Waals surface area contributed by atoms with Crippen LogP contribution in [-0.4, -0.2) is 24.0 Å². The Bertz CT molecular complexity index is 362. The number of carbonyl (C=O) groups excluding carboxylic acids is 1. The summed E-state index contributed by atoms with van der Waals surface area (Å²) in [4.78, 5) is 20.6. The molecule has 14 heavy (non-hydrogen) atoms. The van der Waals surface area contributed by atoms with Gasteiger partial charge < -0.3 is 9.84 Å². The fraction of sp³-hybridized carbons (Fsp3) is 0.111. The number of halogens is 1. The highest BCUT2D eigenvalue weighted by Crippen LogP contribution is 2.17. The Balaban J connectivity index is 2.85. The quantitative estimate of drug-likeness (QED) is 0.736. The van der Waals surface area contributed by atoms with Crippen LogP contribution in [-0.2, 0) is 4.79 Å². The highest BCUT2D eigenvalue weighted by molar-refractivity contribution is 5.79. The smallest absolute Gasteiger partial charge is 0.341 e. The Labute approximate surface area is 78.9 Å². The lowest BCUT2D eigenvalue weighted by Crippen LogP contribution is -2.10. The number of rotatable bonds is 4. The van der Waals surface area contributed by atoms with Gasteiger partial charge in [-0.2, -0.15) is 0 Å². The van der Waals surface area contributed by atoms with Gasteiger partial charge in [-0.05, 0) is 18.2 Å². The number of carboxylic acid groups (broad SMARTS) is 1. The molecule has 0 heterocycles. The summed E-state index contributed by atoms with van der Waals surface area (Å²) in [5.74, 6) is -1.68. The number of hydrogen-bond acceptors (Lipinski definition) is 3. The molecule has 1 rings (SSSR count). The molecule has 0 amide bonds. The van der Waals surface area contributed by atoms with Crippen molar-refractivity contribution in [3.8, 4) is 5.75 Å². The van der Waals surface area contributed by atoms with Crippen molar-refractivity contribution in [3.63, 3.8) is 0 Å². The molecular weight excluding hydrogens is 191 g/mol. The van der Waals surface area contributed by atoms with Gasteiger partial charge in [-0.3, -0.25) is 4.79 Å². The fourth-order valence-corrected chi connectivity index (χ4v) is 0.882. The predicted molar refractivity (Wildman–Crippen MR) is 44.9 cm³/mol. The SMILES string of the molecule is O=Cc1cc(F)ccc1OCC(=O)O. The van der Waals surface area contributed by atoms with E-state index >= 15 is 0 Å². The van der Waals surface area contributed by atoms with E-state index in [0.717, 1.165) is 12.1 Å². The molecule has 0 aromatic heterocycles. The number of carboxylic acids is 1. The topological polar surface area (TPSA) is 63.6 Å². The lowest BCUT2D eigenvalue weighted by atomic mass is 10.2. The van der Waals surface area contributed by atoms with Gasteiger partial charge in [0.05, 0.1) is 5.56 Å². The first-order valence-electron chi connectivity index (χ1n) is 3.73. The molecule has 0 unspecified atom stereocenters. The summed E-state index contributed by atoms with van der Waals surface area (Å²) in [5.41, 5.74) is -0.00810. The molecule has 74 valence electrons. The van der Waals surface area contributed by atoms with Gasteiger partial charge in [0.2, 0.25) is 0 Å². The first kappa shape index (κ1) is 10.2. The van der Waals surface area contributed by atoms with Crippen molar-refractivity contribution in [2.24, 2.45) is 0 Å². The second-order valence-corrected chi connectivity index (χ2v) is 2.48. The molecule has 0 aliphatic heterocycles. The monoisotopic (exact) mass is 198 g/mol. The molecule has 1 N–H and O–H groups in total. The molecule has 0 bridgehead atoms. The number of ether oxygens (including phenoxy) is 1. The van der Waals surface area contributed by atoms with Gasteiger partial charge in [-0.25, -0.2) is 9.18 Å². The maximum absolute atomic E-state index is 12.6. The van der Waals surface area contributed by atoms with E-state index in [-0.39, 0.29) is 11.3 Å². The van der Waals surface area contributed by atoms with Crippen LogP contribution in [0.15, 0.2) is 18.2 Å². The molecule has 0 aliphatic carbocycles. The van der Waals surface area contributed by atoms with E-state index in [4.69, 9.17) is 9.84 Å². The van der Waals surface area contributed by atoms with Crippen molar-refractivity contribution >= 4 is 12.3 Å². The Morgan fingerprint density at radius 3 is 2.86 bits per heavy atom. The number of aldehydes is 1. The van der Waals surface area contributed by atoms with Crippen molar-refractivity contribution in [3.05, 3.63) is 29.6 Å². The van der Waals surface area contributed by atoms with Crippen molar-refractivity contribution < 1.29 is 23.8 Å². The largest absolute Gasteiger partial charge is 0.481 e. The molecule has 1 aromatic rings. The standard InChI is InChI=1S/C9H7FO4/c10-7-1-2-8(6(3-7)4-11)14-5-9(12)13/h1-4H,5H2,(H,12,13). The first-order chi connectivity index (χ1) is 6.63. The van der Waals surface area contributed by atoms with Crippen molar-refractivity contribution in [2.75, 3.05) is 6.61 Å². The van der Waals surface area contributed by atoms with E-state index in [1.165, 1.54) is 6.07 Å². The zero-order chi connectivity index (χ0) is 10.6. The minimum absolute atomic E-state index is 0.00810. The zero-order valence-corrected chi connectivity index (χ0v) is 7.07. The van der Waals surface area contributed by atoms with Gasteiger partial charge in [0, 0.05) is 0 Å². The van der Waals surface area contributed by atoms with Crippen LogP contribution in [0, 0.1) is 5.82 Å². The molecule has 0 fully saturated rings. The predicted octanol–water partition coefficient (Wildman–Crippen LogP) is 1.10. The minimum Gasteiger partial charge on any atom is -0.481 e. The van der Waals surface area contributed by atoms with E-state index in [9.17, 15) is 14.0 Å². The van der Waals surface area contributed by atoms with E-state index in [0.29, 0.717) is 6.29 Å². The number of benzene rings is 1. The summed E-state index contributed by atoms with van der Waals surface area (Å²) in [6, 6.07) is 3.27. The third kappa shape index (κ3) is 2.55. The van der Waals surface area contributed by atoms with Crippen LogP contribution < -0.4 is 4.74 Å². The maximum atomic E-state index is 12.6. The van der Waals surface area contributed by atoms with E-state index in [1.807, 2.05) is 0 Å². The molecule has 0 saturated heterocycles. The van der Waals surface area contributed by atoms with Gasteiger partial charge in [0.15, 0.2) is 12.9 Å². The number of hydrogen-bond donors (Lipinski definition) is 1. The van der Waals surface area contributed by atoms with Crippen LogP contribution in [0.5, 0.6) is 5.75 Å². The van der Waals surface area contributed by atoms with Gasteiger partial charge in [-0.1, -0.05) is 0 Å². The summed E-state index contributed by atoms with van der Waals surface area (Å²) in [7, 11) is 0. The Morgan fingerprint density at radius 1 is 1.57 bits per heavy atom. The molecule has 5 heteroatoms. The molecule has 4 nitrogen and oxygen atoms in total. The maximum Gasteiger partial charge on any atom is 0.341 e. The molecule has 0 radical (unpaired) electrons. The summed E-state index contributed by atoms with van der Waals surface area (Å²) in [6.45, 7) is -0.563. The average molecular weight is 198 g/mol. The van der Waals surface area contributed by atoms with Gasteiger partial charge in [-0.15, -0.1) is 0 Å². The van der Waals surface area contributed by atoms with Crippen LogP contribution in [0.4, 0.5) is 4.39 Å².